The van der Waals surface area contributed by atoms with Crippen molar-refractivity contribution >= 4 is 34.4 Å². The van der Waals surface area contributed by atoms with E-state index in [9.17, 15) is 4.79 Å². The number of amides is 1. The number of anilines is 1. The van der Waals surface area contributed by atoms with Crippen LogP contribution in [-0.4, -0.2) is 46.7 Å². The van der Waals surface area contributed by atoms with Crippen LogP contribution in [0.5, 0.6) is 5.75 Å². The topological polar surface area (TPSA) is 67.3 Å². The van der Waals surface area contributed by atoms with Crippen molar-refractivity contribution in [1.29, 1.82) is 0 Å². The van der Waals surface area contributed by atoms with Gasteiger partial charge in [-0.25, -0.2) is 9.97 Å². The maximum Gasteiger partial charge on any atom is 0.233 e. The van der Waals surface area contributed by atoms with Crippen LogP contribution in [0, 0.1) is 5.92 Å². The van der Waals surface area contributed by atoms with Crippen LogP contribution in [0.4, 0.5) is 5.82 Å². The van der Waals surface area contributed by atoms with Gasteiger partial charge in [-0.3, -0.25) is 4.79 Å². The fourth-order valence-electron chi connectivity index (χ4n) is 3.66. The molecule has 4 rings (SSSR count). The molecule has 1 aliphatic rings. The van der Waals surface area contributed by atoms with Crippen molar-refractivity contribution in [3.8, 4) is 5.75 Å². The fraction of sp³-hybridized carbons (Fsp3) is 0.375. The summed E-state index contributed by atoms with van der Waals surface area (Å²) in [5.41, 5.74) is 2.00. The Labute approximate surface area is 187 Å². The quantitative estimate of drug-likeness (QED) is 0.431. The van der Waals surface area contributed by atoms with Gasteiger partial charge in [0.2, 0.25) is 5.91 Å². The van der Waals surface area contributed by atoms with Crippen LogP contribution in [0.2, 0.25) is 0 Å². The molecule has 2 aromatic carbocycles. The molecule has 7 heteroatoms. The number of nitrogens with zero attached hydrogens (tertiary/aromatic N) is 3. The Morgan fingerprint density at radius 3 is 2.61 bits per heavy atom. The summed E-state index contributed by atoms with van der Waals surface area (Å²) in [5, 5.41) is 5.03. The second kappa shape index (κ2) is 10.0. The number of carbonyl (C=O) groups is 1. The number of ether oxygens (including phenoxy) is 1. The number of piperidine rings is 1. The summed E-state index contributed by atoms with van der Waals surface area (Å²) in [6.07, 6.45) is 2.17. The lowest BCUT2D eigenvalue weighted by molar-refractivity contribution is -0.129. The van der Waals surface area contributed by atoms with E-state index >= 15 is 0 Å². The van der Waals surface area contributed by atoms with Crippen LogP contribution in [0.25, 0.3) is 10.9 Å². The number of hydrogen-bond donors (Lipinski definition) is 1. The Morgan fingerprint density at radius 1 is 1.13 bits per heavy atom. The monoisotopic (exact) mass is 436 g/mol. The van der Waals surface area contributed by atoms with E-state index in [0.29, 0.717) is 23.4 Å². The maximum absolute atomic E-state index is 12.6. The van der Waals surface area contributed by atoms with Crippen molar-refractivity contribution in [3.05, 3.63) is 54.1 Å². The van der Waals surface area contributed by atoms with Crippen molar-refractivity contribution < 1.29 is 9.53 Å². The van der Waals surface area contributed by atoms with E-state index in [0.717, 1.165) is 54.0 Å². The van der Waals surface area contributed by atoms with Gasteiger partial charge in [-0.05, 0) is 48.6 Å². The number of hydrogen-bond acceptors (Lipinski definition) is 6. The maximum atomic E-state index is 12.6. The first-order valence-corrected chi connectivity index (χ1v) is 11.6. The summed E-state index contributed by atoms with van der Waals surface area (Å²) >= 11 is 1.41. The minimum absolute atomic E-state index is 0.168. The Bertz CT molecular complexity index is 1030. The molecule has 2 heterocycles. The molecule has 0 saturated carbocycles. The summed E-state index contributed by atoms with van der Waals surface area (Å²) in [6.45, 7) is 4.60. The second-order valence-electron chi connectivity index (χ2n) is 7.93. The largest absolute Gasteiger partial charge is 0.497 e. The van der Waals surface area contributed by atoms with Gasteiger partial charge in [-0.15, -0.1) is 0 Å². The smallest absolute Gasteiger partial charge is 0.233 e. The average Bonchev–Trinajstić information content (AvgIpc) is 2.81. The summed E-state index contributed by atoms with van der Waals surface area (Å²) in [5.74, 6) is 2.86. The first kappa shape index (κ1) is 21.4. The average molecular weight is 437 g/mol. The van der Waals surface area contributed by atoms with Gasteiger partial charge < -0.3 is 15.0 Å². The zero-order valence-corrected chi connectivity index (χ0v) is 18.8. The fourth-order valence-corrected chi connectivity index (χ4v) is 4.41. The summed E-state index contributed by atoms with van der Waals surface area (Å²) < 4.78 is 5.23. The Hall–Kier alpha value is -2.80. The van der Waals surface area contributed by atoms with Crippen LogP contribution in [0.3, 0.4) is 0 Å². The van der Waals surface area contributed by atoms with E-state index in [-0.39, 0.29) is 5.91 Å². The SMILES string of the molecule is COc1ccc(CNc2nc(SCC(=O)N3CCC(C)CC3)nc3ccccc23)cc1. The van der Waals surface area contributed by atoms with Gasteiger partial charge in [0.15, 0.2) is 5.16 Å². The number of rotatable bonds is 7. The van der Waals surface area contributed by atoms with E-state index in [1.807, 2.05) is 53.4 Å². The van der Waals surface area contributed by atoms with Gasteiger partial charge in [0.05, 0.1) is 18.4 Å². The molecule has 1 saturated heterocycles. The van der Waals surface area contributed by atoms with Gasteiger partial charge in [0.1, 0.15) is 11.6 Å². The highest BCUT2D eigenvalue weighted by Crippen LogP contribution is 2.26. The predicted octanol–water partition coefficient (Wildman–Crippen LogP) is 4.60. The summed E-state index contributed by atoms with van der Waals surface area (Å²) in [6, 6.07) is 15.9. The second-order valence-corrected chi connectivity index (χ2v) is 8.87. The van der Waals surface area contributed by atoms with Gasteiger partial charge in [0.25, 0.3) is 0 Å². The van der Waals surface area contributed by atoms with Crippen molar-refractivity contribution in [1.82, 2.24) is 14.9 Å². The molecule has 1 N–H and O–H groups in total. The number of fused-ring (bicyclic) bond motifs is 1. The lowest BCUT2D eigenvalue weighted by Crippen LogP contribution is -2.38. The molecule has 162 valence electrons. The highest BCUT2D eigenvalue weighted by atomic mass is 32.2. The number of nitrogens with one attached hydrogen (secondary N) is 1. The number of methoxy groups -OCH3 is 1. The Morgan fingerprint density at radius 2 is 1.87 bits per heavy atom. The highest BCUT2D eigenvalue weighted by Gasteiger charge is 2.20. The number of aromatic nitrogens is 2. The molecular weight excluding hydrogens is 408 g/mol. The Balaban J connectivity index is 1.46. The molecule has 31 heavy (non-hydrogen) atoms. The lowest BCUT2D eigenvalue weighted by Gasteiger charge is -2.30. The van der Waals surface area contributed by atoms with Crippen LogP contribution in [-0.2, 0) is 11.3 Å². The number of thioether (sulfide) groups is 1. The first-order chi connectivity index (χ1) is 15.1. The molecule has 1 amide bonds. The van der Waals surface area contributed by atoms with E-state index < -0.39 is 0 Å². The van der Waals surface area contributed by atoms with Crippen molar-refractivity contribution in [3.63, 3.8) is 0 Å². The normalized spacial score (nSPS) is 14.6. The molecule has 0 spiro atoms. The van der Waals surface area contributed by atoms with E-state index in [1.165, 1.54) is 11.8 Å². The summed E-state index contributed by atoms with van der Waals surface area (Å²) in [4.78, 5) is 24.0. The van der Waals surface area contributed by atoms with Crippen molar-refractivity contribution in [2.24, 2.45) is 5.92 Å². The van der Waals surface area contributed by atoms with E-state index in [4.69, 9.17) is 9.72 Å². The van der Waals surface area contributed by atoms with Crippen LogP contribution >= 0.6 is 11.8 Å². The third-order valence-corrected chi connectivity index (χ3v) is 6.49. The first-order valence-electron chi connectivity index (χ1n) is 10.7. The minimum Gasteiger partial charge on any atom is -0.497 e. The lowest BCUT2D eigenvalue weighted by atomic mass is 9.99. The number of para-hydroxylation sites is 1. The molecule has 0 radical (unpaired) electrons. The zero-order chi connectivity index (χ0) is 21.6. The molecule has 3 aromatic rings. The van der Waals surface area contributed by atoms with Crippen LogP contribution in [0.15, 0.2) is 53.7 Å². The van der Waals surface area contributed by atoms with Crippen LogP contribution in [0.1, 0.15) is 25.3 Å². The molecule has 6 nitrogen and oxygen atoms in total. The van der Waals surface area contributed by atoms with Gasteiger partial charge in [0, 0.05) is 25.0 Å². The number of benzene rings is 2. The van der Waals surface area contributed by atoms with Crippen molar-refractivity contribution in [2.75, 3.05) is 31.3 Å². The van der Waals surface area contributed by atoms with Crippen LogP contribution < -0.4 is 10.1 Å². The number of carbonyl (C=O) groups excluding carboxylic acids is 1. The third-order valence-electron chi connectivity index (χ3n) is 5.66. The molecule has 0 bridgehead atoms. The summed E-state index contributed by atoms with van der Waals surface area (Å²) in [7, 11) is 1.66. The molecule has 1 aliphatic heterocycles. The van der Waals surface area contributed by atoms with Gasteiger partial charge in [-0.2, -0.15) is 0 Å². The zero-order valence-electron chi connectivity index (χ0n) is 18.0. The molecule has 0 atom stereocenters. The third kappa shape index (κ3) is 5.47. The standard InChI is InChI=1S/C24H28N4O2S/c1-17-11-13-28(14-12-17)22(29)16-31-24-26-21-6-4-3-5-20(21)23(27-24)25-15-18-7-9-19(30-2)10-8-18/h3-10,17H,11-16H2,1-2H3,(H,25,26,27). The van der Waals surface area contributed by atoms with E-state index in [1.54, 1.807) is 7.11 Å². The van der Waals surface area contributed by atoms with E-state index in [2.05, 4.69) is 17.2 Å². The Kier molecular flexibility index (Phi) is 6.92. The minimum atomic E-state index is 0.168. The predicted molar refractivity (Wildman–Crippen MR) is 126 cm³/mol. The number of likely N-dealkylation sites (tertiary alicyclic amines) is 1. The van der Waals surface area contributed by atoms with Crippen molar-refractivity contribution in [2.45, 2.75) is 31.5 Å². The molecule has 1 aromatic heterocycles. The molecule has 0 unspecified atom stereocenters. The highest BCUT2D eigenvalue weighted by molar-refractivity contribution is 7.99. The molecular formula is C24H28N4O2S. The molecule has 0 aliphatic carbocycles. The van der Waals surface area contributed by atoms with Gasteiger partial charge in [-0.1, -0.05) is 43.0 Å². The van der Waals surface area contributed by atoms with Gasteiger partial charge >= 0.3 is 0 Å². The molecule has 1 fully saturated rings.